The lowest BCUT2D eigenvalue weighted by atomic mass is 9.93. The van der Waals surface area contributed by atoms with E-state index in [-0.39, 0.29) is 23.4 Å². The number of nitrogens with zero attached hydrogens (tertiary/aromatic N) is 2. The van der Waals surface area contributed by atoms with Crippen LogP contribution in [0.5, 0.6) is 0 Å². The van der Waals surface area contributed by atoms with Crippen LogP contribution in [0, 0.1) is 5.92 Å². The van der Waals surface area contributed by atoms with E-state index in [9.17, 15) is 9.59 Å². The summed E-state index contributed by atoms with van der Waals surface area (Å²) in [5.41, 5.74) is 0. The van der Waals surface area contributed by atoms with Crippen LogP contribution in [0.25, 0.3) is 0 Å². The Labute approximate surface area is 93.4 Å². The molecule has 0 radical (unpaired) electrons. The molecular weight excluding hydrogens is 208 g/mol. The van der Waals surface area contributed by atoms with Gasteiger partial charge >= 0.3 is 0 Å². The molecule has 0 saturated carbocycles. The Morgan fingerprint density at radius 1 is 1.44 bits per heavy atom. The van der Waals surface area contributed by atoms with Gasteiger partial charge in [0.05, 0.1) is 6.20 Å². The first-order chi connectivity index (χ1) is 7.68. The second-order valence-corrected chi connectivity index (χ2v) is 4.04. The molecule has 1 aliphatic heterocycles. The number of rotatable bonds is 2. The molecule has 0 unspecified atom stereocenters. The lowest BCUT2D eigenvalue weighted by Crippen LogP contribution is -2.39. The van der Waals surface area contributed by atoms with Gasteiger partial charge in [0, 0.05) is 19.0 Å². The number of carbonyl (C=O) groups excluding carboxylic acids is 2. The molecule has 86 valence electrons. The van der Waals surface area contributed by atoms with Gasteiger partial charge in [0.25, 0.3) is 5.91 Å². The van der Waals surface area contributed by atoms with Crippen molar-refractivity contribution in [3.05, 3.63) is 18.4 Å². The monoisotopic (exact) mass is 222 g/mol. The molecule has 0 aliphatic carbocycles. The molecule has 2 rings (SSSR count). The van der Waals surface area contributed by atoms with E-state index >= 15 is 0 Å². The van der Waals surface area contributed by atoms with E-state index in [4.69, 9.17) is 4.42 Å². The molecule has 0 spiro atoms. The summed E-state index contributed by atoms with van der Waals surface area (Å²) in [6.45, 7) is 2.84. The molecule has 1 aromatic rings. The summed E-state index contributed by atoms with van der Waals surface area (Å²) in [7, 11) is 0. The standard InChI is InChI=1S/C11H14N2O3/c1-8(14)9-2-4-13(5-3-9)11(15)10-6-12-7-16-10/h6-7,9H,2-5H2,1H3. The largest absolute Gasteiger partial charge is 0.438 e. The lowest BCUT2D eigenvalue weighted by Gasteiger charge is -2.30. The van der Waals surface area contributed by atoms with Crippen LogP contribution in [0.3, 0.4) is 0 Å². The molecule has 1 saturated heterocycles. The maximum Gasteiger partial charge on any atom is 0.291 e. The predicted octanol–water partition coefficient (Wildman–Crippen LogP) is 1.12. The smallest absolute Gasteiger partial charge is 0.291 e. The van der Waals surface area contributed by atoms with Gasteiger partial charge in [0.2, 0.25) is 5.76 Å². The van der Waals surface area contributed by atoms with E-state index in [1.165, 1.54) is 12.6 Å². The molecule has 16 heavy (non-hydrogen) atoms. The first kappa shape index (κ1) is 10.9. The fourth-order valence-corrected chi connectivity index (χ4v) is 1.97. The Hall–Kier alpha value is -1.65. The number of aromatic nitrogens is 1. The van der Waals surface area contributed by atoms with Gasteiger partial charge in [0.15, 0.2) is 6.39 Å². The van der Waals surface area contributed by atoms with E-state index < -0.39 is 0 Å². The number of oxazole rings is 1. The Morgan fingerprint density at radius 3 is 2.62 bits per heavy atom. The van der Waals surface area contributed by atoms with Crippen molar-refractivity contribution >= 4 is 11.7 Å². The fraction of sp³-hybridized carbons (Fsp3) is 0.545. The lowest BCUT2D eigenvalue weighted by molar-refractivity contribution is -0.121. The maximum atomic E-state index is 11.8. The summed E-state index contributed by atoms with van der Waals surface area (Å²) in [5, 5.41) is 0. The highest BCUT2D eigenvalue weighted by molar-refractivity contribution is 5.91. The van der Waals surface area contributed by atoms with Crippen LogP contribution in [-0.4, -0.2) is 34.7 Å². The van der Waals surface area contributed by atoms with Gasteiger partial charge in [-0.05, 0) is 19.8 Å². The van der Waals surface area contributed by atoms with Crippen molar-refractivity contribution in [3.63, 3.8) is 0 Å². The zero-order valence-electron chi connectivity index (χ0n) is 9.18. The van der Waals surface area contributed by atoms with Crippen molar-refractivity contribution in [2.24, 2.45) is 5.92 Å². The summed E-state index contributed by atoms with van der Waals surface area (Å²) >= 11 is 0. The van der Waals surface area contributed by atoms with Crippen LogP contribution in [0.4, 0.5) is 0 Å². The second-order valence-electron chi connectivity index (χ2n) is 4.04. The Kier molecular flexibility index (Phi) is 3.03. The molecule has 0 aromatic carbocycles. The number of piperidine rings is 1. The molecule has 2 heterocycles. The van der Waals surface area contributed by atoms with Crippen LogP contribution in [0.1, 0.15) is 30.3 Å². The van der Waals surface area contributed by atoms with E-state index in [2.05, 4.69) is 4.98 Å². The fourth-order valence-electron chi connectivity index (χ4n) is 1.97. The summed E-state index contributed by atoms with van der Waals surface area (Å²) in [6, 6.07) is 0. The minimum absolute atomic E-state index is 0.110. The molecule has 1 fully saturated rings. The quantitative estimate of drug-likeness (QED) is 0.752. The van der Waals surface area contributed by atoms with Gasteiger partial charge in [-0.3, -0.25) is 9.59 Å². The van der Waals surface area contributed by atoms with Crippen LogP contribution < -0.4 is 0 Å². The predicted molar refractivity (Wildman–Crippen MR) is 55.8 cm³/mol. The third-order valence-corrected chi connectivity index (χ3v) is 3.00. The topological polar surface area (TPSA) is 63.4 Å². The molecule has 0 atom stereocenters. The normalized spacial score (nSPS) is 17.4. The first-order valence-electron chi connectivity index (χ1n) is 5.36. The van der Waals surface area contributed by atoms with Crippen LogP contribution in [0.2, 0.25) is 0 Å². The van der Waals surface area contributed by atoms with Crippen LogP contribution in [0.15, 0.2) is 17.0 Å². The SMILES string of the molecule is CC(=O)C1CCN(C(=O)c2cnco2)CC1. The summed E-state index contributed by atoms with van der Waals surface area (Å²) < 4.78 is 4.95. The van der Waals surface area contributed by atoms with Crippen molar-refractivity contribution in [3.8, 4) is 0 Å². The third-order valence-electron chi connectivity index (χ3n) is 3.00. The highest BCUT2D eigenvalue weighted by atomic mass is 16.3. The minimum atomic E-state index is -0.139. The summed E-state index contributed by atoms with van der Waals surface area (Å²) in [4.78, 5) is 28.4. The summed E-state index contributed by atoms with van der Waals surface area (Å²) in [6.07, 6.45) is 4.15. The maximum absolute atomic E-state index is 11.8. The zero-order valence-corrected chi connectivity index (χ0v) is 9.18. The molecular formula is C11H14N2O3. The van der Waals surface area contributed by atoms with Gasteiger partial charge in [0.1, 0.15) is 5.78 Å². The number of amides is 1. The Balaban J connectivity index is 1.94. The third kappa shape index (κ3) is 2.13. The molecule has 1 amide bonds. The van der Waals surface area contributed by atoms with Gasteiger partial charge < -0.3 is 9.32 Å². The molecule has 1 aromatic heterocycles. The van der Waals surface area contributed by atoms with E-state index in [0.717, 1.165) is 12.8 Å². The van der Waals surface area contributed by atoms with Crippen molar-refractivity contribution in [2.75, 3.05) is 13.1 Å². The highest BCUT2D eigenvalue weighted by Crippen LogP contribution is 2.19. The van der Waals surface area contributed by atoms with E-state index in [1.807, 2.05) is 0 Å². The molecule has 5 heteroatoms. The highest BCUT2D eigenvalue weighted by Gasteiger charge is 2.26. The van der Waals surface area contributed by atoms with Gasteiger partial charge in [-0.25, -0.2) is 4.98 Å². The zero-order chi connectivity index (χ0) is 11.5. The number of ketones is 1. The van der Waals surface area contributed by atoms with Crippen molar-refractivity contribution in [1.29, 1.82) is 0 Å². The number of carbonyl (C=O) groups is 2. The molecule has 0 N–H and O–H groups in total. The number of likely N-dealkylation sites (tertiary alicyclic amines) is 1. The second kappa shape index (κ2) is 4.47. The minimum Gasteiger partial charge on any atom is -0.438 e. The number of hydrogen-bond donors (Lipinski definition) is 0. The molecule has 0 bridgehead atoms. The van der Waals surface area contributed by atoms with E-state index in [0.29, 0.717) is 13.1 Å². The Morgan fingerprint density at radius 2 is 2.12 bits per heavy atom. The van der Waals surface area contributed by atoms with Gasteiger partial charge in [-0.15, -0.1) is 0 Å². The van der Waals surface area contributed by atoms with Gasteiger partial charge in [-0.1, -0.05) is 0 Å². The van der Waals surface area contributed by atoms with E-state index in [1.54, 1.807) is 11.8 Å². The molecule has 5 nitrogen and oxygen atoms in total. The van der Waals surface area contributed by atoms with Gasteiger partial charge in [-0.2, -0.15) is 0 Å². The van der Waals surface area contributed by atoms with Crippen molar-refractivity contribution < 1.29 is 14.0 Å². The Bertz CT molecular complexity index is 378. The number of hydrogen-bond acceptors (Lipinski definition) is 4. The van der Waals surface area contributed by atoms with Crippen molar-refractivity contribution in [2.45, 2.75) is 19.8 Å². The average Bonchev–Trinajstić information content (AvgIpc) is 2.81. The van der Waals surface area contributed by atoms with Crippen molar-refractivity contribution in [1.82, 2.24) is 9.88 Å². The first-order valence-corrected chi connectivity index (χ1v) is 5.36. The van der Waals surface area contributed by atoms with Crippen LogP contribution >= 0.6 is 0 Å². The average molecular weight is 222 g/mol. The molecule has 1 aliphatic rings. The number of Topliss-reactive ketones (excluding diaryl/α,β-unsaturated/α-hetero) is 1. The summed E-state index contributed by atoms with van der Waals surface area (Å²) in [5.74, 6) is 0.450. The van der Waals surface area contributed by atoms with Crippen LogP contribution in [-0.2, 0) is 4.79 Å².